The zero-order chi connectivity index (χ0) is 28.8. The predicted octanol–water partition coefficient (Wildman–Crippen LogP) is 6.04. The van der Waals surface area contributed by atoms with Gasteiger partial charge in [0, 0.05) is 43.2 Å². The Hall–Kier alpha value is -3.48. The number of alkyl halides is 6. The van der Waals surface area contributed by atoms with Crippen molar-refractivity contribution in [2.75, 3.05) is 54.8 Å². The van der Waals surface area contributed by atoms with E-state index in [4.69, 9.17) is 0 Å². The first-order chi connectivity index (χ1) is 18.3. The molecule has 39 heavy (non-hydrogen) atoms. The number of hydrogen-bond donors (Lipinski definition) is 3. The van der Waals surface area contributed by atoms with Gasteiger partial charge in [0.25, 0.3) is 5.91 Å². The van der Waals surface area contributed by atoms with Crippen LogP contribution in [0, 0.1) is 0 Å². The van der Waals surface area contributed by atoms with Crippen LogP contribution in [0.15, 0.2) is 36.4 Å². The average Bonchev–Trinajstić information content (AvgIpc) is 3.40. The van der Waals surface area contributed by atoms with Crippen molar-refractivity contribution in [2.45, 2.75) is 39.0 Å². The van der Waals surface area contributed by atoms with Crippen molar-refractivity contribution in [3.05, 3.63) is 53.1 Å². The van der Waals surface area contributed by atoms with Crippen LogP contribution in [-0.4, -0.2) is 56.1 Å². The Morgan fingerprint density at radius 2 is 1.41 bits per heavy atom. The van der Waals surface area contributed by atoms with E-state index in [0.717, 1.165) is 39.0 Å². The van der Waals surface area contributed by atoms with E-state index in [1.54, 1.807) is 6.07 Å². The summed E-state index contributed by atoms with van der Waals surface area (Å²) < 4.78 is 78.8. The third kappa shape index (κ3) is 8.25. The number of rotatable bonds is 9. The molecule has 13 heteroatoms. The summed E-state index contributed by atoms with van der Waals surface area (Å²) in [5.41, 5.74) is -2.67. The molecule has 7 nitrogen and oxygen atoms in total. The normalized spacial score (nSPS) is 14.0. The summed E-state index contributed by atoms with van der Waals surface area (Å²) in [7, 11) is 0. The predicted molar refractivity (Wildman–Crippen MR) is 137 cm³/mol. The van der Waals surface area contributed by atoms with E-state index >= 15 is 0 Å². The number of carbonyl (C=O) groups is 2. The first-order valence-corrected chi connectivity index (χ1v) is 12.6. The minimum atomic E-state index is -5.05. The Kier molecular flexibility index (Phi) is 9.70. The van der Waals surface area contributed by atoms with Gasteiger partial charge in [-0.15, -0.1) is 0 Å². The number of nitrogens with one attached hydrogen (secondary N) is 3. The number of likely N-dealkylation sites (N-methyl/N-ethyl adjacent to an activating group) is 1. The van der Waals surface area contributed by atoms with Crippen LogP contribution in [0.2, 0.25) is 0 Å². The fourth-order valence-corrected chi connectivity index (χ4v) is 4.31. The number of anilines is 3. The molecular formula is C26H31F6N5O2. The van der Waals surface area contributed by atoms with Crippen LogP contribution in [0.5, 0.6) is 0 Å². The highest BCUT2D eigenvalue weighted by atomic mass is 19.4. The number of amides is 3. The number of halogens is 6. The van der Waals surface area contributed by atoms with Crippen LogP contribution >= 0.6 is 0 Å². The van der Waals surface area contributed by atoms with Crippen molar-refractivity contribution in [1.82, 2.24) is 10.2 Å². The fraction of sp³-hybridized carbons (Fsp3) is 0.462. The molecule has 3 rings (SSSR count). The van der Waals surface area contributed by atoms with Crippen molar-refractivity contribution >= 4 is 29.0 Å². The van der Waals surface area contributed by atoms with Crippen LogP contribution < -0.4 is 20.9 Å². The van der Waals surface area contributed by atoms with Gasteiger partial charge in [-0.3, -0.25) is 4.79 Å². The second-order valence-corrected chi connectivity index (χ2v) is 9.08. The first-order valence-electron chi connectivity index (χ1n) is 12.6. The molecule has 3 amide bonds. The summed E-state index contributed by atoms with van der Waals surface area (Å²) in [5.74, 6) is -0.360. The lowest BCUT2D eigenvalue weighted by molar-refractivity contribution is -0.143. The quantitative estimate of drug-likeness (QED) is 0.328. The molecule has 0 saturated carbocycles. The topological polar surface area (TPSA) is 76.7 Å². The van der Waals surface area contributed by atoms with Crippen molar-refractivity contribution in [3.63, 3.8) is 0 Å². The van der Waals surface area contributed by atoms with Crippen LogP contribution in [-0.2, 0) is 12.4 Å². The molecule has 0 unspecified atom stereocenters. The van der Waals surface area contributed by atoms with Gasteiger partial charge in [-0.1, -0.05) is 13.8 Å². The average molecular weight is 560 g/mol. The molecule has 214 valence electrons. The van der Waals surface area contributed by atoms with Gasteiger partial charge in [0.05, 0.1) is 16.7 Å². The lowest BCUT2D eigenvalue weighted by Crippen LogP contribution is -2.35. The Morgan fingerprint density at radius 3 is 1.95 bits per heavy atom. The maximum Gasteiger partial charge on any atom is 0.416 e. The Morgan fingerprint density at radius 1 is 0.846 bits per heavy atom. The lowest BCUT2D eigenvalue weighted by atomic mass is 10.1. The van der Waals surface area contributed by atoms with Gasteiger partial charge < -0.3 is 25.8 Å². The fourth-order valence-electron chi connectivity index (χ4n) is 4.31. The SMILES string of the molecule is CCN(CC)CCNC(=O)c1cc(NC(=O)Nc2cc(C(F)(F)F)cc(C(F)(F)F)c2)ccc1N1CCCC1. The van der Waals surface area contributed by atoms with Crippen molar-refractivity contribution < 1.29 is 35.9 Å². The summed E-state index contributed by atoms with van der Waals surface area (Å²) >= 11 is 0. The Bertz CT molecular complexity index is 1130. The van der Waals surface area contributed by atoms with Gasteiger partial charge in [0.15, 0.2) is 0 Å². The highest BCUT2D eigenvalue weighted by Crippen LogP contribution is 2.37. The molecule has 2 aromatic carbocycles. The molecule has 0 atom stereocenters. The minimum Gasteiger partial charge on any atom is -0.371 e. The monoisotopic (exact) mass is 559 g/mol. The summed E-state index contributed by atoms with van der Waals surface area (Å²) in [6.07, 6.45) is -8.18. The number of benzene rings is 2. The molecule has 0 aliphatic carbocycles. The van der Waals surface area contributed by atoms with E-state index in [0.29, 0.717) is 36.5 Å². The molecule has 3 N–H and O–H groups in total. The van der Waals surface area contributed by atoms with E-state index < -0.39 is 35.2 Å². The zero-order valence-electron chi connectivity index (χ0n) is 21.6. The molecule has 0 spiro atoms. The van der Waals surface area contributed by atoms with Gasteiger partial charge in [-0.2, -0.15) is 26.3 Å². The van der Waals surface area contributed by atoms with Crippen molar-refractivity contribution in [2.24, 2.45) is 0 Å². The Labute approximate surface area is 222 Å². The van der Waals surface area contributed by atoms with Crippen LogP contribution in [0.25, 0.3) is 0 Å². The molecule has 1 heterocycles. The molecule has 1 saturated heterocycles. The molecule has 1 fully saturated rings. The third-order valence-corrected chi connectivity index (χ3v) is 6.40. The Balaban J connectivity index is 1.80. The second-order valence-electron chi connectivity index (χ2n) is 9.08. The van der Waals surface area contributed by atoms with Gasteiger partial charge >= 0.3 is 18.4 Å². The minimum absolute atomic E-state index is 0.0225. The van der Waals surface area contributed by atoms with E-state index in [1.165, 1.54) is 12.1 Å². The molecule has 1 aliphatic heterocycles. The van der Waals surface area contributed by atoms with Gasteiger partial charge in [0.1, 0.15) is 0 Å². The molecule has 0 aromatic heterocycles. The number of hydrogen-bond acceptors (Lipinski definition) is 4. The summed E-state index contributed by atoms with van der Waals surface area (Å²) in [5, 5.41) is 7.29. The van der Waals surface area contributed by atoms with E-state index in [9.17, 15) is 35.9 Å². The highest BCUT2D eigenvalue weighted by molar-refractivity contribution is 6.04. The van der Waals surface area contributed by atoms with Crippen molar-refractivity contribution in [1.29, 1.82) is 0 Å². The van der Waals surface area contributed by atoms with Gasteiger partial charge in [-0.05, 0) is 62.3 Å². The van der Waals surface area contributed by atoms with Gasteiger partial charge in [-0.25, -0.2) is 4.79 Å². The lowest BCUT2D eigenvalue weighted by Gasteiger charge is -2.23. The maximum absolute atomic E-state index is 13.1. The zero-order valence-corrected chi connectivity index (χ0v) is 21.6. The van der Waals surface area contributed by atoms with E-state index in [2.05, 4.69) is 15.5 Å². The van der Waals surface area contributed by atoms with E-state index in [-0.39, 0.29) is 17.7 Å². The first kappa shape index (κ1) is 30.1. The molecular weight excluding hydrogens is 528 g/mol. The maximum atomic E-state index is 13.1. The summed E-state index contributed by atoms with van der Waals surface area (Å²) in [4.78, 5) is 29.8. The molecule has 0 radical (unpaired) electrons. The molecule has 2 aromatic rings. The highest BCUT2D eigenvalue weighted by Gasteiger charge is 2.37. The smallest absolute Gasteiger partial charge is 0.371 e. The van der Waals surface area contributed by atoms with E-state index in [1.807, 2.05) is 24.1 Å². The van der Waals surface area contributed by atoms with Gasteiger partial charge in [0.2, 0.25) is 0 Å². The van der Waals surface area contributed by atoms with Crippen LogP contribution in [0.4, 0.5) is 48.2 Å². The number of urea groups is 1. The van der Waals surface area contributed by atoms with Crippen LogP contribution in [0.3, 0.4) is 0 Å². The van der Waals surface area contributed by atoms with Crippen molar-refractivity contribution in [3.8, 4) is 0 Å². The second kappa shape index (κ2) is 12.6. The summed E-state index contributed by atoms with van der Waals surface area (Å²) in [6, 6.07) is 4.36. The standard InChI is InChI=1S/C26H31F6N5O2/c1-3-36(4-2)12-9-33-23(38)21-16-19(7-8-22(21)37-10-5-6-11-37)34-24(39)35-20-14-17(25(27,28)29)13-18(15-20)26(30,31)32/h7-8,13-16H,3-6,9-12H2,1-2H3,(H,33,38)(H2,34,35,39). The number of carbonyl (C=O) groups excluding carboxylic acids is 2. The molecule has 0 bridgehead atoms. The van der Waals surface area contributed by atoms with Crippen LogP contribution in [0.1, 0.15) is 48.2 Å². The largest absolute Gasteiger partial charge is 0.416 e. The third-order valence-electron chi connectivity index (χ3n) is 6.40. The number of nitrogens with zero attached hydrogens (tertiary/aromatic N) is 2. The molecule has 1 aliphatic rings. The summed E-state index contributed by atoms with van der Waals surface area (Å²) in [6.45, 7) is 8.24.